The number of fused-ring (bicyclic) bond motifs is 2. The second-order valence-electron chi connectivity index (χ2n) is 12.6. The maximum Gasteiger partial charge on any atom is 0.205 e. The number of phenols is 1. The van der Waals surface area contributed by atoms with Crippen molar-refractivity contribution in [3.05, 3.63) is 46.8 Å². The number of hydrogen-bond donors (Lipinski definition) is 1. The van der Waals surface area contributed by atoms with Crippen LogP contribution in [0.3, 0.4) is 0 Å². The fraction of sp³-hybridized carbons (Fsp3) is 0.655. The summed E-state index contributed by atoms with van der Waals surface area (Å²) in [6.45, 7) is 13.6. The maximum absolute atomic E-state index is 13.5. The van der Waals surface area contributed by atoms with Crippen molar-refractivity contribution in [2.24, 2.45) is 22.7 Å². The molecule has 2 aliphatic rings. The molecule has 2 bridgehead atoms. The second kappa shape index (κ2) is 9.05. The Morgan fingerprint density at radius 1 is 0.941 bits per heavy atom. The van der Waals surface area contributed by atoms with Crippen molar-refractivity contribution in [2.45, 2.75) is 97.6 Å². The molecule has 2 saturated carbocycles. The van der Waals surface area contributed by atoms with Crippen LogP contribution in [0.15, 0.2) is 29.5 Å². The molecule has 1 aromatic heterocycles. The lowest BCUT2D eigenvalue weighted by molar-refractivity contribution is 0.0970. The van der Waals surface area contributed by atoms with E-state index in [9.17, 15) is 9.90 Å². The van der Waals surface area contributed by atoms with Crippen LogP contribution in [0.5, 0.6) is 5.75 Å². The lowest BCUT2D eigenvalue weighted by Gasteiger charge is -2.28. The van der Waals surface area contributed by atoms with Gasteiger partial charge < -0.3 is 14.2 Å². The number of aromatic hydroxyl groups is 1. The van der Waals surface area contributed by atoms with E-state index in [2.05, 4.69) is 57.3 Å². The molecule has 2 aromatic rings. The summed E-state index contributed by atoms with van der Waals surface area (Å²) in [7, 11) is 1.81. The highest BCUT2D eigenvalue weighted by Gasteiger charge is 2.40. The van der Waals surface area contributed by atoms with E-state index in [0.717, 1.165) is 41.0 Å². The molecule has 0 atom stereocenters. The number of carbonyl (C=O) groups is 1. The van der Waals surface area contributed by atoms with E-state index >= 15 is 0 Å². The van der Waals surface area contributed by atoms with Gasteiger partial charge in [-0.1, -0.05) is 41.5 Å². The Bertz CT molecular complexity index is 1070. The van der Waals surface area contributed by atoms with Crippen molar-refractivity contribution in [3.8, 4) is 5.75 Å². The minimum atomic E-state index is -0.263. The lowest BCUT2D eigenvalue weighted by atomic mass is 9.78. The van der Waals surface area contributed by atoms with Crippen LogP contribution >= 0.6 is 0 Å². The Hall–Kier alpha value is -2.30. The van der Waals surface area contributed by atoms with Crippen LogP contribution in [-0.4, -0.2) is 27.1 Å². The van der Waals surface area contributed by atoms with E-state index in [4.69, 9.17) is 0 Å². The zero-order valence-electron chi connectivity index (χ0n) is 22.2. The van der Waals surface area contributed by atoms with Crippen LogP contribution in [0.4, 0.5) is 0 Å². The normalized spacial score (nSPS) is 23.1. The van der Waals surface area contributed by atoms with Crippen molar-refractivity contribution < 1.29 is 9.90 Å². The molecule has 34 heavy (non-hydrogen) atoms. The van der Waals surface area contributed by atoms with Crippen molar-refractivity contribution in [2.75, 3.05) is 7.05 Å². The average molecular weight is 466 g/mol. The van der Waals surface area contributed by atoms with Crippen LogP contribution in [0, 0.1) is 17.8 Å². The number of imidazole rings is 1. The number of nitrogens with zero attached hydrogens (tertiary/aromatic N) is 3. The molecule has 1 aromatic carbocycles. The van der Waals surface area contributed by atoms with Crippen molar-refractivity contribution in [1.29, 1.82) is 0 Å². The van der Waals surface area contributed by atoms with Gasteiger partial charge in [0.15, 0.2) is 5.78 Å². The molecule has 2 aliphatic carbocycles. The quantitative estimate of drug-likeness (QED) is 0.546. The predicted molar refractivity (Wildman–Crippen MR) is 137 cm³/mol. The second-order valence-corrected chi connectivity index (χ2v) is 12.6. The maximum atomic E-state index is 13.5. The highest BCUT2D eigenvalue weighted by molar-refractivity contribution is 5.96. The molecule has 4 rings (SSSR count). The molecule has 0 saturated heterocycles. The number of aromatic nitrogens is 2. The Morgan fingerprint density at radius 3 is 1.91 bits per heavy atom. The topological polar surface area (TPSA) is 59.5 Å². The van der Waals surface area contributed by atoms with E-state index in [1.807, 2.05) is 29.9 Å². The van der Waals surface area contributed by atoms with Crippen LogP contribution in [-0.2, 0) is 23.9 Å². The molecular formula is C29H43N3O2. The van der Waals surface area contributed by atoms with Gasteiger partial charge in [-0.15, -0.1) is 0 Å². The Kier molecular flexibility index (Phi) is 6.61. The molecule has 1 N–H and O–H groups in total. The van der Waals surface area contributed by atoms with Gasteiger partial charge in [-0.05, 0) is 72.8 Å². The third kappa shape index (κ3) is 4.76. The van der Waals surface area contributed by atoms with Gasteiger partial charge in [-0.3, -0.25) is 9.79 Å². The van der Waals surface area contributed by atoms with Crippen LogP contribution in [0.2, 0.25) is 0 Å². The van der Waals surface area contributed by atoms with Gasteiger partial charge in [-0.2, -0.15) is 0 Å². The zero-order chi connectivity index (χ0) is 24.8. The molecule has 5 heteroatoms. The minimum absolute atomic E-state index is 0.0393. The van der Waals surface area contributed by atoms with Crippen molar-refractivity contribution in [3.63, 3.8) is 0 Å². The Labute approximate surface area is 204 Å². The summed E-state index contributed by atoms with van der Waals surface area (Å²) in [6.07, 6.45) is 10.9. The summed E-state index contributed by atoms with van der Waals surface area (Å²) in [6, 6.07) is 3.76. The molecule has 0 radical (unpaired) electrons. The average Bonchev–Trinajstić information content (AvgIpc) is 3.44. The Balaban J connectivity index is 1.57. The molecule has 0 unspecified atom stereocenters. The highest BCUT2D eigenvalue weighted by atomic mass is 16.3. The number of hydrogen-bond acceptors (Lipinski definition) is 3. The van der Waals surface area contributed by atoms with E-state index in [1.54, 1.807) is 0 Å². The minimum Gasteiger partial charge on any atom is -0.507 e. The SMILES string of the molecule is CN=c1n(CCC2C3CCC2CC3)ccn1CC(=O)c1cc(C(C)(C)C)c(O)c(C(C)(C)C)c1. The van der Waals surface area contributed by atoms with Crippen LogP contribution in [0.25, 0.3) is 0 Å². The molecule has 0 aliphatic heterocycles. The summed E-state index contributed by atoms with van der Waals surface area (Å²) in [4.78, 5) is 18.0. The van der Waals surface area contributed by atoms with E-state index < -0.39 is 0 Å². The smallest absolute Gasteiger partial charge is 0.205 e. The number of phenolic OH excluding ortho intramolecular Hbond substituents is 1. The van der Waals surface area contributed by atoms with Gasteiger partial charge in [0.1, 0.15) is 5.75 Å². The number of benzene rings is 1. The monoisotopic (exact) mass is 465 g/mol. The molecule has 0 spiro atoms. The summed E-state index contributed by atoms with van der Waals surface area (Å²) in [5.74, 6) is 3.07. The molecule has 0 amide bonds. The van der Waals surface area contributed by atoms with Crippen LogP contribution in [0.1, 0.15) is 95.1 Å². The fourth-order valence-corrected chi connectivity index (χ4v) is 6.34. The van der Waals surface area contributed by atoms with Gasteiger partial charge in [0.2, 0.25) is 5.62 Å². The van der Waals surface area contributed by atoms with E-state index in [-0.39, 0.29) is 23.2 Å². The Morgan fingerprint density at radius 2 is 1.44 bits per heavy atom. The molecule has 186 valence electrons. The molecule has 5 nitrogen and oxygen atoms in total. The van der Waals surface area contributed by atoms with Crippen molar-refractivity contribution in [1.82, 2.24) is 9.13 Å². The van der Waals surface area contributed by atoms with Gasteiger partial charge in [0.05, 0.1) is 6.54 Å². The molecule has 2 fully saturated rings. The first kappa shape index (κ1) is 24.8. The predicted octanol–water partition coefficient (Wildman–Crippen LogP) is 5.83. The third-order valence-corrected chi connectivity index (χ3v) is 8.23. The van der Waals surface area contributed by atoms with Gasteiger partial charge in [0.25, 0.3) is 0 Å². The van der Waals surface area contributed by atoms with Gasteiger partial charge >= 0.3 is 0 Å². The first-order chi connectivity index (χ1) is 15.9. The lowest BCUT2D eigenvalue weighted by Crippen LogP contribution is -2.29. The fourth-order valence-electron chi connectivity index (χ4n) is 6.34. The molecular weight excluding hydrogens is 422 g/mol. The summed E-state index contributed by atoms with van der Waals surface area (Å²) in [5.41, 5.74) is 2.61. The highest BCUT2D eigenvalue weighted by Crippen LogP contribution is 2.50. The van der Waals surface area contributed by atoms with E-state index in [0.29, 0.717) is 11.3 Å². The number of rotatable bonds is 6. The number of Topliss-reactive ketones (excluding diaryl/α,β-unsaturated/α-hetero) is 1. The van der Waals surface area contributed by atoms with E-state index in [1.165, 1.54) is 32.1 Å². The summed E-state index contributed by atoms with van der Waals surface area (Å²) >= 11 is 0. The van der Waals surface area contributed by atoms with Gasteiger partial charge in [0, 0.05) is 42.7 Å². The number of ketones is 1. The zero-order valence-corrected chi connectivity index (χ0v) is 22.2. The first-order valence-electron chi connectivity index (χ1n) is 13.0. The number of aryl methyl sites for hydroxylation is 1. The molecule has 1 heterocycles. The summed E-state index contributed by atoms with van der Waals surface area (Å²) in [5, 5.41) is 11.0. The van der Waals surface area contributed by atoms with Crippen molar-refractivity contribution >= 4 is 5.78 Å². The van der Waals surface area contributed by atoms with Gasteiger partial charge in [-0.25, -0.2) is 0 Å². The number of carbonyl (C=O) groups excluding carboxylic acids is 1. The first-order valence-corrected chi connectivity index (χ1v) is 13.0. The standard InChI is InChI=1S/C29H43N3O2/c1-28(2,3)23-16-21(17-24(26(23)34)29(4,5)6)25(33)18-32-15-14-31(27(32)30-7)13-12-22-19-8-9-20(22)11-10-19/h14-17,19-20,22,34H,8-13,18H2,1-7H3. The third-order valence-electron chi connectivity index (χ3n) is 8.23. The van der Waals surface area contributed by atoms with Crippen LogP contribution < -0.4 is 5.62 Å². The largest absolute Gasteiger partial charge is 0.507 e. The summed E-state index contributed by atoms with van der Waals surface area (Å²) < 4.78 is 4.18.